The van der Waals surface area contributed by atoms with E-state index in [0.717, 1.165) is 0 Å². The van der Waals surface area contributed by atoms with Crippen LogP contribution in [0, 0.1) is 7.11 Å². The Kier molecular flexibility index (Phi) is 5.03. The van der Waals surface area contributed by atoms with Crippen LogP contribution in [0.25, 0.3) is 0 Å². The lowest BCUT2D eigenvalue weighted by Crippen LogP contribution is -2.20. The predicted molar refractivity (Wildman–Crippen MR) is 39.1 cm³/mol. The van der Waals surface area contributed by atoms with E-state index < -0.39 is 18.0 Å². The van der Waals surface area contributed by atoms with Crippen molar-refractivity contribution in [3.8, 4) is 0 Å². The van der Waals surface area contributed by atoms with E-state index >= 15 is 0 Å². The summed E-state index contributed by atoms with van der Waals surface area (Å²) in [4.78, 5) is 20.8. The van der Waals surface area contributed by atoms with Gasteiger partial charge in [-0.05, 0) is 6.92 Å². The number of carboxylic acids is 1. The van der Waals surface area contributed by atoms with Crippen molar-refractivity contribution in [2.75, 3.05) is 6.61 Å². The minimum atomic E-state index is -1.01. The van der Waals surface area contributed by atoms with Crippen molar-refractivity contribution in [2.24, 2.45) is 0 Å². The summed E-state index contributed by atoms with van der Waals surface area (Å²) < 4.78 is 8.85. The van der Waals surface area contributed by atoms with Gasteiger partial charge in [-0.25, -0.2) is 11.9 Å². The molecule has 0 heterocycles. The summed E-state index contributed by atoms with van der Waals surface area (Å²) in [5.41, 5.74) is 0. The molecule has 0 aliphatic rings. The molecule has 0 aromatic rings. The minimum absolute atomic E-state index is 0.205. The molecule has 0 aromatic carbocycles. The van der Waals surface area contributed by atoms with Gasteiger partial charge in [0, 0.05) is 0 Å². The van der Waals surface area contributed by atoms with Crippen LogP contribution in [0.4, 0.5) is 0 Å². The van der Waals surface area contributed by atoms with Gasteiger partial charge in [0.25, 0.3) is 0 Å². The highest BCUT2D eigenvalue weighted by atomic mass is 16.6. The molecule has 0 amide bonds. The summed E-state index contributed by atoms with van der Waals surface area (Å²) >= 11 is 0. The van der Waals surface area contributed by atoms with Gasteiger partial charge in [-0.2, -0.15) is 0 Å². The maximum atomic E-state index is 10.7. The lowest BCUT2D eigenvalue weighted by Gasteiger charge is -2.11. The van der Waals surface area contributed by atoms with Crippen LogP contribution < -0.4 is 0 Å². The summed E-state index contributed by atoms with van der Waals surface area (Å²) in [6.07, 6.45) is -0.840. The van der Waals surface area contributed by atoms with E-state index in [-0.39, 0.29) is 13.0 Å². The van der Waals surface area contributed by atoms with Gasteiger partial charge in [0.05, 0.1) is 6.42 Å². The van der Waals surface area contributed by atoms with Gasteiger partial charge in [0.2, 0.25) is 0 Å². The second-order valence-electron chi connectivity index (χ2n) is 2.25. The van der Waals surface area contributed by atoms with Crippen molar-refractivity contribution in [1.82, 2.24) is 0 Å². The fraction of sp³-hybridized carbons (Fsp3) is 0.571. The molecule has 0 saturated carbocycles. The average molecular weight is 175 g/mol. The van der Waals surface area contributed by atoms with Crippen molar-refractivity contribution in [2.45, 2.75) is 19.4 Å². The first-order valence-corrected chi connectivity index (χ1v) is 3.34. The molecule has 0 rings (SSSR count). The van der Waals surface area contributed by atoms with Gasteiger partial charge in [0.1, 0.15) is 12.7 Å². The summed E-state index contributed by atoms with van der Waals surface area (Å²) in [5, 5.41) is 8.29. The lowest BCUT2D eigenvalue weighted by molar-refractivity contribution is -0.154. The number of hydrogen-bond donors (Lipinski definition) is 1. The molecule has 1 unspecified atom stereocenters. The summed E-state index contributed by atoms with van der Waals surface area (Å²) in [7, 11) is 2.98. The van der Waals surface area contributed by atoms with Crippen molar-refractivity contribution in [1.29, 1.82) is 0 Å². The fourth-order valence-corrected chi connectivity index (χ4v) is 0.629. The third-order valence-corrected chi connectivity index (χ3v) is 1.01. The number of ether oxygens (including phenoxy) is 2. The Morgan fingerprint density at radius 3 is 2.58 bits per heavy atom. The van der Waals surface area contributed by atoms with Crippen LogP contribution in [0.1, 0.15) is 13.3 Å². The first-order valence-electron chi connectivity index (χ1n) is 3.34. The number of aliphatic carboxylic acids is 1. The highest BCUT2D eigenvalue weighted by Crippen LogP contribution is 1.97. The van der Waals surface area contributed by atoms with Crippen LogP contribution in [-0.2, 0) is 19.1 Å². The predicted octanol–water partition coefficient (Wildman–Crippen LogP) is 0.201. The number of esters is 1. The molecule has 0 bridgehead atoms. The van der Waals surface area contributed by atoms with Crippen LogP contribution in [0.5, 0.6) is 0 Å². The average Bonchev–Trinajstić information content (AvgIpc) is 1.84. The van der Waals surface area contributed by atoms with Crippen LogP contribution in [0.15, 0.2) is 0 Å². The summed E-state index contributed by atoms with van der Waals surface area (Å²) in [6.45, 7) is 1.24. The zero-order valence-corrected chi connectivity index (χ0v) is 6.78. The Hall–Kier alpha value is -1.10. The largest absolute Gasteiger partial charge is 0.547 e. The first-order chi connectivity index (χ1) is 5.56. The summed E-state index contributed by atoms with van der Waals surface area (Å²) in [6, 6.07) is 0. The molecule has 12 heavy (non-hydrogen) atoms. The van der Waals surface area contributed by atoms with Gasteiger partial charge in [-0.1, -0.05) is 0 Å². The van der Waals surface area contributed by atoms with E-state index in [4.69, 9.17) is 5.11 Å². The Morgan fingerprint density at radius 2 is 2.17 bits per heavy atom. The maximum Gasteiger partial charge on any atom is 0.329 e. The minimum Gasteiger partial charge on any atom is -0.547 e. The van der Waals surface area contributed by atoms with E-state index in [0.29, 0.717) is 0 Å². The monoisotopic (exact) mass is 175 g/mol. The molecule has 1 atom stereocenters. The Balaban J connectivity index is 3.61. The van der Waals surface area contributed by atoms with Crippen LogP contribution >= 0.6 is 0 Å². The van der Waals surface area contributed by atoms with Crippen molar-refractivity contribution < 1.29 is 24.2 Å². The van der Waals surface area contributed by atoms with E-state index in [1.807, 2.05) is 0 Å². The number of rotatable bonds is 5. The van der Waals surface area contributed by atoms with E-state index in [9.17, 15) is 9.59 Å². The molecule has 5 heteroatoms. The van der Waals surface area contributed by atoms with E-state index in [1.54, 1.807) is 0 Å². The summed E-state index contributed by atoms with van der Waals surface area (Å²) in [5.74, 6) is -1.62. The molecule has 0 fully saturated rings. The highest BCUT2D eigenvalue weighted by Gasteiger charge is 2.11. The van der Waals surface area contributed by atoms with Gasteiger partial charge < -0.3 is 14.6 Å². The molecule has 0 aliphatic heterocycles. The Morgan fingerprint density at radius 1 is 1.58 bits per heavy atom. The van der Waals surface area contributed by atoms with E-state index in [1.165, 1.54) is 6.92 Å². The van der Waals surface area contributed by atoms with Crippen LogP contribution in [0.2, 0.25) is 0 Å². The molecular weight excluding hydrogens is 164 g/mol. The SMILES string of the molecule is [CH2-]OCC(=O)OC(C)CC(=O)O. The van der Waals surface area contributed by atoms with Crippen LogP contribution in [-0.4, -0.2) is 29.8 Å². The third-order valence-electron chi connectivity index (χ3n) is 1.01. The standard InChI is InChI=1S/C7H11O5/c1-5(3-6(8)9)12-7(10)4-11-2/h5H,2-4H2,1H3,(H,8,9)/q-1. The lowest BCUT2D eigenvalue weighted by atomic mass is 10.3. The highest BCUT2D eigenvalue weighted by molar-refractivity contribution is 5.72. The quantitative estimate of drug-likeness (QED) is 0.477. The molecule has 0 aromatic heterocycles. The van der Waals surface area contributed by atoms with Crippen molar-refractivity contribution >= 4 is 11.9 Å². The van der Waals surface area contributed by atoms with Gasteiger partial charge in [0.15, 0.2) is 0 Å². The van der Waals surface area contributed by atoms with Crippen molar-refractivity contribution in [3.63, 3.8) is 0 Å². The number of carboxylic acid groups (broad SMARTS) is 1. The van der Waals surface area contributed by atoms with Crippen molar-refractivity contribution in [3.05, 3.63) is 7.11 Å². The number of carbonyl (C=O) groups is 2. The molecule has 0 spiro atoms. The fourth-order valence-electron chi connectivity index (χ4n) is 0.629. The molecule has 0 aliphatic carbocycles. The van der Waals surface area contributed by atoms with Crippen LogP contribution in [0.3, 0.4) is 0 Å². The molecule has 5 nitrogen and oxygen atoms in total. The molecular formula is C7H11O5-. The smallest absolute Gasteiger partial charge is 0.329 e. The Labute approximate surface area is 70.3 Å². The molecule has 70 valence electrons. The zero-order chi connectivity index (χ0) is 9.56. The Bertz CT molecular complexity index is 165. The van der Waals surface area contributed by atoms with Gasteiger partial charge in [-0.15, -0.1) is 0 Å². The topological polar surface area (TPSA) is 72.8 Å². The molecule has 0 radical (unpaired) electrons. The third kappa shape index (κ3) is 5.67. The molecule has 1 N–H and O–H groups in total. The second kappa shape index (κ2) is 5.54. The maximum absolute atomic E-state index is 10.7. The molecule has 0 saturated heterocycles. The number of hydrogen-bond acceptors (Lipinski definition) is 4. The first kappa shape index (κ1) is 10.9. The second-order valence-corrected chi connectivity index (χ2v) is 2.25. The normalized spacial score (nSPS) is 12.2. The van der Waals surface area contributed by atoms with Gasteiger partial charge >= 0.3 is 11.9 Å². The number of carbonyl (C=O) groups excluding carboxylic acids is 1. The zero-order valence-electron chi connectivity index (χ0n) is 6.78. The van der Waals surface area contributed by atoms with E-state index in [2.05, 4.69) is 16.6 Å². The van der Waals surface area contributed by atoms with Gasteiger partial charge in [-0.3, -0.25) is 4.79 Å².